The highest BCUT2D eigenvalue weighted by molar-refractivity contribution is 8.23. The summed E-state index contributed by atoms with van der Waals surface area (Å²) in [5.74, 6) is -1.24. The minimum atomic E-state index is -1.67. The number of aryl methyl sites for hydroxylation is 1. The summed E-state index contributed by atoms with van der Waals surface area (Å²) in [4.78, 5) is 28.4. The fourth-order valence-corrected chi connectivity index (χ4v) is 7.03. The average Bonchev–Trinajstić information content (AvgIpc) is 3.22. The topological polar surface area (TPSA) is 66.8 Å². The number of thioether (sulfide) groups is 1. The normalized spacial score (nSPS) is 17.9. The van der Waals surface area contributed by atoms with Gasteiger partial charge in [-0.25, -0.2) is 4.79 Å². The molecule has 1 amide bonds. The van der Waals surface area contributed by atoms with Crippen LogP contribution in [0.5, 0.6) is 0 Å². The molecule has 0 bridgehead atoms. The van der Waals surface area contributed by atoms with Crippen molar-refractivity contribution < 1.29 is 19.1 Å². The van der Waals surface area contributed by atoms with Gasteiger partial charge in [0, 0.05) is 11.7 Å². The molecule has 1 heterocycles. The molecule has 1 saturated heterocycles. The van der Waals surface area contributed by atoms with Gasteiger partial charge in [0.2, 0.25) is 14.9 Å². The number of benzene rings is 2. The molecule has 0 spiro atoms. The molecule has 204 valence electrons. The standard InChI is InChI=1S/C30H39NO4S2Si/c1-30(2,3)25(19-26(28(33)34)35-38(4)5)24(17-16-21-12-8-6-9-13-21)27(32)31-23(20-37-29(31)36)18-22-14-10-7-11-15-22/h6-15,19,23-25,38H,16-18,20H2,1-5H3,(H,33,34)/t23-,24-,25+/m0/s1. The minimum absolute atomic E-state index is 0.0282. The van der Waals surface area contributed by atoms with Crippen LogP contribution < -0.4 is 0 Å². The van der Waals surface area contributed by atoms with Crippen molar-refractivity contribution in [3.05, 3.63) is 83.6 Å². The van der Waals surface area contributed by atoms with Crippen LogP contribution in [0, 0.1) is 17.3 Å². The summed E-state index contributed by atoms with van der Waals surface area (Å²) >= 11 is 7.26. The van der Waals surface area contributed by atoms with Gasteiger partial charge >= 0.3 is 5.97 Å². The number of carboxylic acid groups (broad SMARTS) is 1. The van der Waals surface area contributed by atoms with E-state index >= 15 is 0 Å². The second-order valence-corrected chi connectivity index (χ2v) is 15.1. The van der Waals surface area contributed by atoms with E-state index in [0.717, 1.165) is 23.3 Å². The van der Waals surface area contributed by atoms with Gasteiger partial charge in [0.05, 0.1) is 6.04 Å². The van der Waals surface area contributed by atoms with Gasteiger partial charge in [-0.2, -0.15) is 0 Å². The summed E-state index contributed by atoms with van der Waals surface area (Å²) in [5, 5.41) is 9.93. The molecule has 1 N–H and O–H groups in total. The molecule has 5 nitrogen and oxygen atoms in total. The Morgan fingerprint density at radius 1 is 1.11 bits per heavy atom. The number of hydrogen-bond donors (Lipinski definition) is 1. The molecule has 2 aromatic carbocycles. The summed E-state index contributed by atoms with van der Waals surface area (Å²) in [7, 11) is -1.67. The Kier molecular flexibility index (Phi) is 10.8. The number of carboxylic acids is 1. The Balaban J connectivity index is 2.01. The van der Waals surface area contributed by atoms with Crippen molar-refractivity contribution in [2.24, 2.45) is 17.3 Å². The molecule has 3 rings (SSSR count). The first-order chi connectivity index (χ1) is 18.0. The number of thiocarbonyl (C=S) groups is 1. The second-order valence-electron chi connectivity index (χ2n) is 11.2. The number of amides is 1. The third-order valence-corrected chi connectivity index (χ3v) is 9.03. The van der Waals surface area contributed by atoms with Crippen LogP contribution in [0.2, 0.25) is 13.1 Å². The first kappa shape index (κ1) is 30.1. The van der Waals surface area contributed by atoms with E-state index in [1.165, 1.54) is 0 Å². The van der Waals surface area contributed by atoms with Gasteiger partial charge in [-0.15, -0.1) is 0 Å². The lowest BCUT2D eigenvalue weighted by molar-refractivity contribution is -0.137. The monoisotopic (exact) mass is 569 g/mol. The molecular weight excluding hydrogens is 531 g/mol. The van der Waals surface area contributed by atoms with Crippen molar-refractivity contribution in [1.82, 2.24) is 4.90 Å². The molecule has 0 aromatic heterocycles. The van der Waals surface area contributed by atoms with E-state index in [1.54, 1.807) is 17.8 Å². The number of rotatable bonds is 11. The largest absolute Gasteiger partial charge is 0.542 e. The molecule has 1 fully saturated rings. The van der Waals surface area contributed by atoms with Crippen LogP contribution in [0.25, 0.3) is 0 Å². The summed E-state index contributed by atoms with van der Waals surface area (Å²) in [5.41, 5.74) is 1.92. The number of nitrogens with zero attached hydrogens (tertiary/aromatic N) is 1. The number of hydrogen-bond acceptors (Lipinski definition) is 5. The zero-order valence-corrected chi connectivity index (χ0v) is 25.7. The SMILES string of the molecule is C[SiH](C)OC(=C[C@H]([C@H](CCc1ccccc1)C(=O)N1C(=S)SC[C@@H]1Cc1ccccc1)C(C)(C)C)C(=O)O. The highest BCUT2D eigenvalue weighted by Gasteiger charge is 2.43. The van der Waals surface area contributed by atoms with Crippen LogP contribution in [-0.2, 0) is 26.9 Å². The van der Waals surface area contributed by atoms with Crippen molar-refractivity contribution in [2.45, 2.75) is 59.2 Å². The first-order valence-electron chi connectivity index (χ1n) is 13.2. The molecule has 0 aliphatic carbocycles. The molecule has 38 heavy (non-hydrogen) atoms. The minimum Gasteiger partial charge on any atom is -0.542 e. The maximum atomic E-state index is 14.5. The second kappa shape index (κ2) is 13.6. The van der Waals surface area contributed by atoms with Crippen LogP contribution in [0.3, 0.4) is 0 Å². The molecule has 2 aromatic rings. The van der Waals surface area contributed by atoms with Crippen molar-refractivity contribution in [2.75, 3.05) is 5.75 Å². The lowest BCUT2D eigenvalue weighted by atomic mass is 9.70. The Bertz CT molecular complexity index is 1130. The quantitative estimate of drug-likeness (QED) is 0.147. The highest BCUT2D eigenvalue weighted by atomic mass is 32.2. The predicted molar refractivity (Wildman–Crippen MR) is 163 cm³/mol. The third-order valence-electron chi connectivity index (χ3n) is 6.75. The lowest BCUT2D eigenvalue weighted by Crippen LogP contribution is -2.47. The zero-order chi connectivity index (χ0) is 27.9. The van der Waals surface area contributed by atoms with Gasteiger partial charge in [0.1, 0.15) is 4.32 Å². The van der Waals surface area contributed by atoms with Gasteiger partial charge in [-0.1, -0.05) is 105 Å². The molecular formula is C30H39NO4S2Si. The Hall–Kier alpha value is -2.42. The number of carbonyl (C=O) groups is 2. The van der Waals surface area contributed by atoms with Gasteiger partial charge in [0.15, 0.2) is 5.76 Å². The van der Waals surface area contributed by atoms with Crippen LogP contribution in [-0.4, -0.2) is 47.0 Å². The number of carbonyl (C=O) groups excluding carboxylic acids is 1. The Labute approximate surface area is 238 Å². The van der Waals surface area contributed by atoms with Crippen LogP contribution in [0.15, 0.2) is 72.5 Å². The van der Waals surface area contributed by atoms with E-state index in [4.69, 9.17) is 16.6 Å². The maximum Gasteiger partial charge on any atom is 0.369 e. The van der Waals surface area contributed by atoms with E-state index < -0.39 is 20.9 Å². The van der Waals surface area contributed by atoms with Crippen LogP contribution >= 0.6 is 24.0 Å². The smallest absolute Gasteiger partial charge is 0.369 e. The average molecular weight is 570 g/mol. The fourth-order valence-electron chi connectivity index (χ4n) is 4.92. The molecule has 1 aliphatic rings. The summed E-state index contributed by atoms with van der Waals surface area (Å²) in [6, 6.07) is 20.2. The molecule has 0 unspecified atom stereocenters. The van der Waals surface area contributed by atoms with Crippen molar-refractivity contribution in [3.8, 4) is 0 Å². The van der Waals surface area contributed by atoms with E-state index in [0.29, 0.717) is 17.2 Å². The molecule has 8 heteroatoms. The van der Waals surface area contributed by atoms with Crippen molar-refractivity contribution in [1.29, 1.82) is 0 Å². The lowest BCUT2D eigenvalue weighted by Gasteiger charge is -2.38. The van der Waals surface area contributed by atoms with Crippen LogP contribution in [0.4, 0.5) is 0 Å². The van der Waals surface area contributed by atoms with E-state index in [-0.39, 0.29) is 29.0 Å². The number of allylic oxidation sites excluding steroid dienone is 1. The summed E-state index contributed by atoms with van der Waals surface area (Å²) < 4.78 is 6.42. The van der Waals surface area contributed by atoms with Gasteiger partial charge in [0.25, 0.3) is 0 Å². The molecule has 3 atom stereocenters. The van der Waals surface area contributed by atoms with E-state index in [9.17, 15) is 14.7 Å². The Morgan fingerprint density at radius 3 is 2.21 bits per heavy atom. The van der Waals surface area contributed by atoms with E-state index in [2.05, 4.69) is 45.0 Å². The molecule has 0 radical (unpaired) electrons. The predicted octanol–water partition coefficient (Wildman–Crippen LogP) is 6.34. The van der Waals surface area contributed by atoms with E-state index in [1.807, 2.05) is 54.4 Å². The summed E-state index contributed by atoms with van der Waals surface area (Å²) in [6.07, 6.45) is 3.71. The van der Waals surface area contributed by atoms with Gasteiger partial charge in [-0.05, 0) is 60.9 Å². The number of aliphatic carboxylic acids is 1. The first-order valence-corrected chi connectivity index (χ1v) is 17.3. The van der Waals surface area contributed by atoms with Crippen molar-refractivity contribution in [3.63, 3.8) is 0 Å². The van der Waals surface area contributed by atoms with Gasteiger partial charge in [-0.3, -0.25) is 9.69 Å². The molecule has 0 saturated carbocycles. The molecule has 1 aliphatic heterocycles. The van der Waals surface area contributed by atoms with Gasteiger partial charge < -0.3 is 9.53 Å². The Morgan fingerprint density at radius 2 is 1.68 bits per heavy atom. The highest BCUT2D eigenvalue weighted by Crippen LogP contribution is 2.40. The zero-order valence-electron chi connectivity index (χ0n) is 22.9. The fraction of sp³-hybridized carbons (Fsp3) is 0.433. The van der Waals surface area contributed by atoms with Crippen LogP contribution in [0.1, 0.15) is 38.3 Å². The van der Waals surface area contributed by atoms with Crippen molar-refractivity contribution >= 4 is 49.2 Å². The summed E-state index contributed by atoms with van der Waals surface area (Å²) in [6.45, 7) is 10.1. The maximum absolute atomic E-state index is 14.5. The third kappa shape index (κ3) is 8.29.